The van der Waals surface area contributed by atoms with Gasteiger partial charge in [-0.1, -0.05) is 45.2 Å². The minimum Gasteiger partial charge on any atom is -0.399 e. The molecule has 0 unspecified atom stereocenters. The highest BCUT2D eigenvalue weighted by Crippen LogP contribution is 2.09. The molecular formula is C24H36N4O2. The first-order valence-corrected chi connectivity index (χ1v) is 10.4. The predicted octanol–water partition coefficient (Wildman–Crippen LogP) is 4.93. The molecule has 0 saturated carbocycles. The molecular weight excluding hydrogens is 376 g/mol. The normalized spacial score (nSPS) is 9.27. The Morgan fingerprint density at radius 1 is 0.800 bits per heavy atom. The molecule has 0 aliphatic rings. The second-order valence-electron chi connectivity index (χ2n) is 6.91. The number of ketones is 1. The zero-order chi connectivity index (χ0) is 22.6. The van der Waals surface area contributed by atoms with E-state index >= 15 is 0 Å². The molecule has 2 aromatic rings. The zero-order valence-corrected chi connectivity index (χ0v) is 18.3. The molecule has 2 rings (SSSR count). The number of benzene rings is 2. The summed E-state index contributed by atoms with van der Waals surface area (Å²) in [5.74, 6) is 0.327. The highest BCUT2D eigenvalue weighted by atomic mass is 16.1. The van der Waals surface area contributed by atoms with Crippen molar-refractivity contribution in [1.82, 2.24) is 0 Å². The number of carbonyl (C=O) groups excluding carboxylic acids is 2. The van der Waals surface area contributed by atoms with Crippen molar-refractivity contribution >= 4 is 28.9 Å². The van der Waals surface area contributed by atoms with Gasteiger partial charge in [-0.3, -0.25) is 4.79 Å². The molecule has 0 fully saturated rings. The molecule has 164 valence electrons. The van der Waals surface area contributed by atoms with Crippen LogP contribution in [0.15, 0.2) is 53.5 Å². The van der Waals surface area contributed by atoms with E-state index in [2.05, 4.69) is 18.8 Å². The van der Waals surface area contributed by atoms with E-state index in [4.69, 9.17) is 17.2 Å². The van der Waals surface area contributed by atoms with Crippen molar-refractivity contribution < 1.29 is 9.59 Å². The molecule has 0 saturated heterocycles. The number of Topliss-reactive ketones (excluding diaryl/α,β-unsaturated/α-hetero) is 1. The number of aliphatic imine (C=N–C) groups is 1. The number of nitrogens with two attached hydrogens (primary N) is 3. The van der Waals surface area contributed by atoms with Crippen LogP contribution in [0.2, 0.25) is 0 Å². The standard InChI is InChI=1S/C13H19NO.C6H8N2.C5H9NO/c1-2-3-4-5-13(15)10-11-6-8-12(14)9-7-11;7-5-1-2-6(8)4-3-5;1-2-3-4-6-5-7/h6-9H,2-5,10,14H2,1H3;1-4H,7-8H2;2-4H2,1H3. The van der Waals surface area contributed by atoms with Gasteiger partial charge in [0, 0.05) is 29.9 Å². The van der Waals surface area contributed by atoms with E-state index in [1.807, 2.05) is 24.3 Å². The monoisotopic (exact) mass is 412 g/mol. The molecule has 0 spiro atoms. The van der Waals surface area contributed by atoms with E-state index in [9.17, 15) is 9.59 Å². The van der Waals surface area contributed by atoms with Crippen LogP contribution >= 0.6 is 0 Å². The second-order valence-corrected chi connectivity index (χ2v) is 6.91. The Morgan fingerprint density at radius 2 is 1.27 bits per heavy atom. The molecule has 0 radical (unpaired) electrons. The fourth-order valence-corrected chi connectivity index (χ4v) is 2.30. The van der Waals surface area contributed by atoms with E-state index < -0.39 is 0 Å². The summed E-state index contributed by atoms with van der Waals surface area (Å²) in [4.78, 5) is 24.3. The van der Waals surface area contributed by atoms with Crippen LogP contribution in [0.3, 0.4) is 0 Å². The van der Waals surface area contributed by atoms with Crippen LogP contribution in [-0.4, -0.2) is 18.4 Å². The van der Waals surface area contributed by atoms with Crippen molar-refractivity contribution in [3.63, 3.8) is 0 Å². The maximum Gasteiger partial charge on any atom is 0.234 e. The number of carbonyl (C=O) groups is 1. The smallest absolute Gasteiger partial charge is 0.234 e. The molecule has 0 heterocycles. The van der Waals surface area contributed by atoms with E-state index in [1.54, 1.807) is 24.3 Å². The minimum atomic E-state index is 0.327. The van der Waals surface area contributed by atoms with E-state index in [0.717, 1.165) is 54.7 Å². The van der Waals surface area contributed by atoms with Crippen LogP contribution in [0, 0.1) is 0 Å². The summed E-state index contributed by atoms with van der Waals surface area (Å²) in [6.45, 7) is 4.84. The number of rotatable bonds is 9. The fraction of sp³-hybridized carbons (Fsp3) is 0.417. The molecule has 0 amide bonds. The highest BCUT2D eigenvalue weighted by Gasteiger charge is 2.02. The van der Waals surface area contributed by atoms with Gasteiger partial charge < -0.3 is 17.2 Å². The lowest BCUT2D eigenvalue weighted by molar-refractivity contribution is -0.118. The van der Waals surface area contributed by atoms with E-state index in [1.165, 1.54) is 6.08 Å². The zero-order valence-electron chi connectivity index (χ0n) is 18.3. The average molecular weight is 413 g/mol. The van der Waals surface area contributed by atoms with Gasteiger partial charge in [0.1, 0.15) is 5.78 Å². The maximum absolute atomic E-state index is 11.5. The molecule has 2 aromatic carbocycles. The average Bonchev–Trinajstić information content (AvgIpc) is 2.73. The SMILES string of the molecule is CCCCCC(=O)Cc1ccc(N)cc1.CCCCN=C=O.Nc1ccc(N)cc1. The van der Waals surface area contributed by atoms with Crippen LogP contribution < -0.4 is 17.2 Å². The molecule has 0 aromatic heterocycles. The lowest BCUT2D eigenvalue weighted by Crippen LogP contribution is -2.02. The van der Waals surface area contributed by atoms with Gasteiger partial charge in [0.15, 0.2) is 0 Å². The summed E-state index contributed by atoms with van der Waals surface area (Å²) >= 11 is 0. The Labute approximate surface area is 180 Å². The largest absolute Gasteiger partial charge is 0.399 e. The number of nitrogen functional groups attached to an aromatic ring is 3. The number of unbranched alkanes of at least 4 members (excludes halogenated alkanes) is 3. The van der Waals surface area contributed by atoms with Crippen molar-refractivity contribution in [2.75, 3.05) is 23.7 Å². The predicted molar refractivity (Wildman–Crippen MR) is 127 cm³/mol. The number of isocyanates is 1. The van der Waals surface area contributed by atoms with E-state index in [-0.39, 0.29) is 0 Å². The molecule has 0 atom stereocenters. The number of hydrogen-bond acceptors (Lipinski definition) is 6. The third-order valence-electron chi connectivity index (χ3n) is 4.06. The Bertz CT molecular complexity index is 716. The minimum absolute atomic E-state index is 0.327. The summed E-state index contributed by atoms with van der Waals surface area (Å²) in [5, 5.41) is 0. The number of hydrogen-bond donors (Lipinski definition) is 3. The summed E-state index contributed by atoms with van der Waals surface area (Å²) in [5.41, 5.74) is 19.6. The van der Waals surface area contributed by atoms with E-state index in [0.29, 0.717) is 25.2 Å². The van der Waals surface area contributed by atoms with Crippen molar-refractivity contribution in [1.29, 1.82) is 0 Å². The molecule has 30 heavy (non-hydrogen) atoms. The van der Waals surface area contributed by atoms with Gasteiger partial charge in [-0.05, 0) is 54.8 Å². The van der Waals surface area contributed by atoms with Gasteiger partial charge in [0.2, 0.25) is 6.08 Å². The Balaban J connectivity index is 0.000000471. The van der Waals surface area contributed by atoms with Gasteiger partial charge in [0.25, 0.3) is 0 Å². The molecule has 0 aliphatic carbocycles. The molecule has 0 bridgehead atoms. The maximum atomic E-state index is 11.5. The van der Waals surface area contributed by atoms with Crippen LogP contribution in [0.5, 0.6) is 0 Å². The third-order valence-corrected chi connectivity index (χ3v) is 4.06. The summed E-state index contributed by atoms with van der Waals surface area (Å²) in [7, 11) is 0. The summed E-state index contributed by atoms with van der Waals surface area (Å²) in [6.07, 6.45) is 8.14. The van der Waals surface area contributed by atoms with Crippen molar-refractivity contribution in [3.8, 4) is 0 Å². The third kappa shape index (κ3) is 15.9. The Hall–Kier alpha value is -3.11. The molecule has 6 nitrogen and oxygen atoms in total. The van der Waals surface area contributed by atoms with Crippen molar-refractivity contribution in [3.05, 3.63) is 54.1 Å². The first kappa shape index (κ1) is 26.9. The topological polar surface area (TPSA) is 125 Å². The van der Waals surface area contributed by atoms with Crippen molar-refractivity contribution in [2.24, 2.45) is 4.99 Å². The summed E-state index contributed by atoms with van der Waals surface area (Å²) in [6, 6.07) is 14.6. The van der Waals surface area contributed by atoms with Crippen molar-refractivity contribution in [2.45, 2.75) is 58.8 Å². The lowest BCUT2D eigenvalue weighted by Gasteiger charge is -2.01. The fourth-order valence-electron chi connectivity index (χ4n) is 2.30. The van der Waals surface area contributed by atoms with Gasteiger partial charge in [-0.2, -0.15) is 0 Å². The number of nitrogens with zero attached hydrogens (tertiary/aromatic N) is 1. The Kier molecular flexibility index (Phi) is 16.1. The van der Waals surface area contributed by atoms with Crippen LogP contribution in [0.4, 0.5) is 17.1 Å². The van der Waals surface area contributed by atoms with Gasteiger partial charge in [-0.25, -0.2) is 9.79 Å². The Morgan fingerprint density at radius 3 is 1.70 bits per heavy atom. The van der Waals surface area contributed by atoms with Crippen LogP contribution in [0.25, 0.3) is 0 Å². The second kappa shape index (κ2) is 18.0. The molecule has 6 heteroatoms. The number of anilines is 3. The molecule has 0 aliphatic heterocycles. The quantitative estimate of drug-likeness (QED) is 0.233. The van der Waals surface area contributed by atoms with Crippen LogP contribution in [0.1, 0.15) is 57.9 Å². The first-order valence-electron chi connectivity index (χ1n) is 10.4. The molecule has 6 N–H and O–H groups in total. The van der Waals surface area contributed by atoms with Gasteiger partial charge >= 0.3 is 0 Å². The first-order chi connectivity index (χ1) is 14.4. The van der Waals surface area contributed by atoms with Crippen LogP contribution in [-0.2, 0) is 16.0 Å². The van der Waals surface area contributed by atoms with Gasteiger partial charge in [0.05, 0.1) is 6.54 Å². The highest BCUT2D eigenvalue weighted by molar-refractivity contribution is 5.80. The lowest BCUT2D eigenvalue weighted by atomic mass is 10.0. The summed E-state index contributed by atoms with van der Waals surface area (Å²) < 4.78 is 0. The van der Waals surface area contributed by atoms with Gasteiger partial charge in [-0.15, -0.1) is 0 Å².